The lowest BCUT2D eigenvalue weighted by Gasteiger charge is -2.25. The van der Waals surface area contributed by atoms with Crippen molar-refractivity contribution in [1.82, 2.24) is 9.88 Å². The molecule has 4 nitrogen and oxygen atoms in total. The molecular weight excluding hydrogens is 318 g/mol. The summed E-state index contributed by atoms with van der Waals surface area (Å²) in [6, 6.07) is 7.80. The van der Waals surface area contributed by atoms with Crippen LogP contribution < -0.4 is 5.32 Å². The van der Waals surface area contributed by atoms with Gasteiger partial charge in [-0.3, -0.25) is 15.0 Å². The van der Waals surface area contributed by atoms with Crippen LogP contribution in [0.3, 0.4) is 0 Å². The number of likely N-dealkylation sites (tertiary alicyclic amines) is 1. The number of hydrogen-bond donors (Lipinski definition) is 1. The number of nitrogens with zero attached hydrogens (tertiary/aromatic N) is 2. The number of thiazole rings is 1. The molecular formula is C19H25N3OS. The zero-order chi connectivity index (χ0) is 16.9. The third kappa shape index (κ3) is 4.42. The Bertz CT molecular complexity index is 672. The zero-order valence-electron chi connectivity index (χ0n) is 14.4. The van der Waals surface area contributed by atoms with Crippen LogP contribution in [0, 0.1) is 0 Å². The number of carbonyl (C=O) groups is 1. The summed E-state index contributed by atoms with van der Waals surface area (Å²) in [6.45, 7) is 7.49. The standard InChI is InChI=1S/C19H25N3OS/c1-14(2)15-6-8-16(9-7-15)18(23)21-19-20-17(13-24-19)12-22-10-4-3-5-11-22/h6-9,13-14H,3-5,10-12H2,1-2H3,(H,20,21,23). The molecule has 2 heterocycles. The average molecular weight is 343 g/mol. The number of anilines is 1. The summed E-state index contributed by atoms with van der Waals surface area (Å²) in [7, 11) is 0. The molecule has 1 aromatic heterocycles. The van der Waals surface area contributed by atoms with E-state index in [0.29, 0.717) is 16.6 Å². The molecule has 1 aromatic carbocycles. The van der Waals surface area contributed by atoms with Crippen molar-refractivity contribution in [3.63, 3.8) is 0 Å². The number of piperidine rings is 1. The summed E-state index contributed by atoms with van der Waals surface area (Å²) >= 11 is 1.50. The minimum absolute atomic E-state index is 0.0934. The Morgan fingerprint density at radius 1 is 1.21 bits per heavy atom. The fourth-order valence-corrected chi connectivity index (χ4v) is 3.67. The molecule has 0 saturated carbocycles. The largest absolute Gasteiger partial charge is 0.298 e. The molecule has 1 saturated heterocycles. The number of aromatic nitrogens is 1. The van der Waals surface area contributed by atoms with Gasteiger partial charge in [0.15, 0.2) is 5.13 Å². The van der Waals surface area contributed by atoms with Crippen LogP contribution in [0.4, 0.5) is 5.13 Å². The summed E-state index contributed by atoms with van der Waals surface area (Å²) in [5, 5.41) is 5.64. The molecule has 0 radical (unpaired) electrons. The number of rotatable bonds is 5. The first-order valence-electron chi connectivity index (χ1n) is 8.70. The van der Waals surface area contributed by atoms with Crippen LogP contribution in [-0.2, 0) is 6.54 Å². The molecule has 128 valence electrons. The number of carbonyl (C=O) groups excluding carboxylic acids is 1. The maximum Gasteiger partial charge on any atom is 0.257 e. The number of benzene rings is 1. The lowest BCUT2D eigenvalue weighted by atomic mass is 10.0. The summed E-state index contributed by atoms with van der Waals surface area (Å²) in [6.07, 6.45) is 3.89. The molecule has 1 aliphatic rings. The molecule has 3 rings (SSSR count). The molecule has 1 amide bonds. The Morgan fingerprint density at radius 3 is 2.58 bits per heavy atom. The summed E-state index contributed by atoms with van der Waals surface area (Å²) < 4.78 is 0. The quantitative estimate of drug-likeness (QED) is 0.869. The first kappa shape index (κ1) is 17.1. The topological polar surface area (TPSA) is 45.2 Å². The van der Waals surface area contributed by atoms with Gasteiger partial charge in [0.05, 0.1) is 5.69 Å². The van der Waals surface area contributed by atoms with Crippen molar-refractivity contribution in [2.45, 2.75) is 45.6 Å². The fraction of sp³-hybridized carbons (Fsp3) is 0.474. The predicted molar refractivity (Wildman–Crippen MR) is 99.7 cm³/mol. The number of nitrogens with one attached hydrogen (secondary N) is 1. The van der Waals surface area contributed by atoms with E-state index >= 15 is 0 Å². The molecule has 0 aliphatic carbocycles. The maximum atomic E-state index is 12.3. The third-order valence-corrected chi connectivity index (χ3v) is 5.25. The lowest BCUT2D eigenvalue weighted by Crippen LogP contribution is -2.29. The highest BCUT2D eigenvalue weighted by Crippen LogP contribution is 2.20. The summed E-state index contributed by atoms with van der Waals surface area (Å²) in [5.74, 6) is 0.377. The van der Waals surface area contributed by atoms with Crippen LogP contribution in [0.15, 0.2) is 29.6 Å². The van der Waals surface area contributed by atoms with Gasteiger partial charge in [-0.2, -0.15) is 0 Å². The van der Waals surface area contributed by atoms with Crippen LogP contribution in [0.5, 0.6) is 0 Å². The van der Waals surface area contributed by atoms with Gasteiger partial charge in [-0.25, -0.2) is 4.98 Å². The molecule has 1 N–H and O–H groups in total. The number of amides is 1. The van der Waals surface area contributed by atoms with Gasteiger partial charge in [0, 0.05) is 17.5 Å². The minimum Gasteiger partial charge on any atom is -0.298 e. The van der Waals surface area contributed by atoms with E-state index in [4.69, 9.17) is 0 Å². The summed E-state index contributed by atoms with van der Waals surface area (Å²) in [5.41, 5.74) is 2.96. The van der Waals surface area contributed by atoms with Crippen molar-refractivity contribution in [3.8, 4) is 0 Å². The smallest absolute Gasteiger partial charge is 0.257 e. The SMILES string of the molecule is CC(C)c1ccc(C(=O)Nc2nc(CN3CCCCC3)cs2)cc1. The molecule has 1 fully saturated rings. The molecule has 0 unspecified atom stereocenters. The zero-order valence-corrected chi connectivity index (χ0v) is 15.2. The third-order valence-electron chi connectivity index (χ3n) is 4.45. The highest BCUT2D eigenvalue weighted by atomic mass is 32.1. The molecule has 0 spiro atoms. The van der Waals surface area contributed by atoms with Crippen molar-refractivity contribution in [1.29, 1.82) is 0 Å². The van der Waals surface area contributed by atoms with Gasteiger partial charge < -0.3 is 0 Å². The molecule has 24 heavy (non-hydrogen) atoms. The molecule has 0 bridgehead atoms. The van der Waals surface area contributed by atoms with Crippen LogP contribution in [0.1, 0.15) is 60.6 Å². The van der Waals surface area contributed by atoms with E-state index in [9.17, 15) is 4.79 Å². The van der Waals surface area contributed by atoms with Crippen LogP contribution in [0.2, 0.25) is 0 Å². The second-order valence-electron chi connectivity index (χ2n) is 6.71. The van der Waals surface area contributed by atoms with Crippen molar-refractivity contribution in [2.24, 2.45) is 0 Å². The Labute approximate surface area is 147 Å². The first-order valence-corrected chi connectivity index (χ1v) is 9.58. The second kappa shape index (κ2) is 7.90. The van der Waals surface area contributed by atoms with Gasteiger partial charge in [-0.05, 0) is 49.5 Å². The van der Waals surface area contributed by atoms with E-state index in [0.717, 1.165) is 25.3 Å². The predicted octanol–water partition coefficient (Wildman–Crippen LogP) is 4.50. The summed E-state index contributed by atoms with van der Waals surface area (Å²) in [4.78, 5) is 19.3. The Balaban J connectivity index is 1.58. The van der Waals surface area contributed by atoms with E-state index in [1.165, 1.54) is 36.2 Å². The van der Waals surface area contributed by atoms with E-state index in [-0.39, 0.29) is 5.91 Å². The maximum absolute atomic E-state index is 12.3. The van der Waals surface area contributed by atoms with Crippen molar-refractivity contribution in [2.75, 3.05) is 18.4 Å². The molecule has 1 aliphatic heterocycles. The molecule has 2 aromatic rings. The molecule has 0 atom stereocenters. The van der Waals surface area contributed by atoms with Gasteiger partial charge in [0.2, 0.25) is 0 Å². The van der Waals surface area contributed by atoms with Crippen molar-refractivity contribution >= 4 is 22.4 Å². The average Bonchev–Trinajstić information content (AvgIpc) is 3.02. The van der Waals surface area contributed by atoms with Gasteiger partial charge in [0.25, 0.3) is 5.91 Å². The Kier molecular flexibility index (Phi) is 5.63. The van der Waals surface area contributed by atoms with E-state index in [2.05, 4.69) is 29.0 Å². The Morgan fingerprint density at radius 2 is 1.92 bits per heavy atom. The highest BCUT2D eigenvalue weighted by molar-refractivity contribution is 7.13. The van der Waals surface area contributed by atoms with E-state index < -0.39 is 0 Å². The monoisotopic (exact) mass is 343 g/mol. The van der Waals surface area contributed by atoms with Gasteiger partial charge in [-0.1, -0.05) is 32.4 Å². The Hall–Kier alpha value is -1.72. The minimum atomic E-state index is -0.0934. The van der Waals surface area contributed by atoms with E-state index in [1.807, 2.05) is 29.6 Å². The normalized spacial score (nSPS) is 15.6. The van der Waals surface area contributed by atoms with Crippen LogP contribution in [-0.4, -0.2) is 28.9 Å². The highest BCUT2D eigenvalue weighted by Gasteiger charge is 2.14. The van der Waals surface area contributed by atoms with Gasteiger partial charge in [0.1, 0.15) is 0 Å². The van der Waals surface area contributed by atoms with Gasteiger partial charge in [-0.15, -0.1) is 11.3 Å². The lowest BCUT2D eigenvalue weighted by molar-refractivity contribution is 0.102. The van der Waals surface area contributed by atoms with Crippen LogP contribution >= 0.6 is 11.3 Å². The molecule has 5 heteroatoms. The van der Waals surface area contributed by atoms with E-state index in [1.54, 1.807) is 0 Å². The van der Waals surface area contributed by atoms with Crippen molar-refractivity contribution < 1.29 is 4.79 Å². The van der Waals surface area contributed by atoms with Gasteiger partial charge >= 0.3 is 0 Å². The number of hydrogen-bond acceptors (Lipinski definition) is 4. The second-order valence-corrected chi connectivity index (χ2v) is 7.57. The van der Waals surface area contributed by atoms with Crippen molar-refractivity contribution in [3.05, 3.63) is 46.5 Å². The van der Waals surface area contributed by atoms with Crippen LogP contribution in [0.25, 0.3) is 0 Å². The fourth-order valence-electron chi connectivity index (χ4n) is 2.97. The first-order chi connectivity index (χ1) is 11.6.